The van der Waals surface area contributed by atoms with E-state index in [2.05, 4.69) is 9.69 Å². The van der Waals surface area contributed by atoms with Gasteiger partial charge in [-0.05, 0) is 31.3 Å². The van der Waals surface area contributed by atoms with E-state index in [1.165, 1.54) is 0 Å². The van der Waals surface area contributed by atoms with E-state index in [-0.39, 0.29) is 18.0 Å². The number of hydrogen-bond acceptors (Lipinski definition) is 5. The number of aryl methyl sites for hydroxylation is 1. The summed E-state index contributed by atoms with van der Waals surface area (Å²) in [5.41, 5.74) is 0.637. The Morgan fingerprint density at radius 1 is 1.44 bits per heavy atom. The molecule has 0 bridgehead atoms. The maximum atomic E-state index is 11.8. The SMILES string of the molecule is Cc1nsc(NCC(=O)N2CCCC2)c1C(=O)O. The summed E-state index contributed by atoms with van der Waals surface area (Å²) >= 11 is 1.08. The van der Waals surface area contributed by atoms with Crippen molar-refractivity contribution < 1.29 is 14.7 Å². The number of likely N-dealkylation sites (tertiary alicyclic amines) is 1. The molecule has 1 aromatic heterocycles. The summed E-state index contributed by atoms with van der Waals surface area (Å²) in [4.78, 5) is 24.6. The predicted octanol–water partition coefficient (Wildman–Crippen LogP) is 1.18. The molecule has 0 unspecified atom stereocenters. The second-order valence-corrected chi connectivity index (χ2v) is 4.99. The Labute approximate surface area is 109 Å². The molecule has 2 heterocycles. The Kier molecular flexibility index (Phi) is 3.81. The van der Waals surface area contributed by atoms with Gasteiger partial charge in [0.2, 0.25) is 5.91 Å². The number of amides is 1. The van der Waals surface area contributed by atoms with E-state index in [0.717, 1.165) is 37.5 Å². The molecule has 7 heteroatoms. The minimum Gasteiger partial charge on any atom is -0.478 e. The number of carbonyl (C=O) groups excluding carboxylic acids is 1. The van der Waals surface area contributed by atoms with Gasteiger partial charge in [0.25, 0.3) is 0 Å². The first-order valence-corrected chi connectivity index (χ1v) is 6.58. The summed E-state index contributed by atoms with van der Waals surface area (Å²) in [6, 6.07) is 0. The molecule has 2 N–H and O–H groups in total. The van der Waals surface area contributed by atoms with Crippen molar-refractivity contribution in [3.05, 3.63) is 11.3 Å². The maximum Gasteiger partial charge on any atom is 0.340 e. The molecular weight excluding hydrogens is 254 g/mol. The molecular formula is C11H15N3O3S. The van der Waals surface area contributed by atoms with Crippen molar-refractivity contribution in [2.75, 3.05) is 25.0 Å². The number of carbonyl (C=O) groups is 2. The van der Waals surface area contributed by atoms with Crippen molar-refractivity contribution in [2.45, 2.75) is 19.8 Å². The number of aromatic carboxylic acids is 1. The van der Waals surface area contributed by atoms with Gasteiger partial charge in [-0.3, -0.25) is 4.79 Å². The van der Waals surface area contributed by atoms with Crippen molar-refractivity contribution in [3.8, 4) is 0 Å². The minimum absolute atomic E-state index is 0.00916. The molecule has 0 radical (unpaired) electrons. The molecule has 1 fully saturated rings. The molecule has 2 rings (SSSR count). The standard InChI is InChI=1S/C11H15N3O3S/c1-7-9(11(16)17)10(18-13-7)12-6-8(15)14-4-2-3-5-14/h12H,2-6H2,1H3,(H,16,17). The fraction of sp³-hybridized carbons (Fsp3) is 0.545. The van der Waals surface area contributed by atoms with Crippen molar-refractivity contribution in [1.29, 1.82) is 0 Å². The van der Waals surface area contributed by atoms with Gasteiger partial charge in [-0.15, -0.1) is 0 Å². The summed E-state index contributed by atoms with van der Waals surface area (Å²) < 4.78 is 3.99. The third-order valence-corrected chi connectivity index (χ3v) is 3.83. The van der Waals surface area contributed by atoms with Gasteiger partial charge in [-0.1, -0.05) is 0 Å². The molecule has 0 atom stereocenters. The molecule has 1 aromatic rings. The van der Waals surface area contributed by atoms with Crippen LogP contribution in [-0.2, 0) is 4.79 Å². The largest absolute Gasteiger partial charge is 0.478 e. The van der Waals surface area contributed by atoms with E-state index in [0.29, 0.717) is 10.7 Å². The number of nitrogens with one attached hydrogen (secondary N) is 1. The van der Waals surface area contributed by atoms with Crippen LogP contribution in [0.1, 0.15) is 28.9 Å². The lowest BCUT2D eigenvalue weighted by Gasteiger charge is -2.15. The summed E-state index contributed by atoms with van der Waals surface area (Å²) in [6.45, 7) is 3.37. The highest BCUT2D eigenvalue weighted by molar-refractivity contribution is 7.10. The van der Waals surface area contributed by atoms with E-state index in [1.807, 2.05) is 0 Å². The Balaban J connectivity index is 1.97. The van der Waals surface area contributed by atoms with Crippen LogP contribution in [0.2, 0.25) is 0 Å². The van der Waals surface area contributed by atoms with Crippen LogP contribution in [0, 0.1) is 6.92 Å². The lowest BCUT2D eigenvalue weighted by Crippen LogP contribution is -2.33. The van der Waals surface area contributed by atoms with Crippen molar-refractivity contribution >= 4 is 28.4 Å². The van der Waals surface area contributed by atoms with E-state index in [1.54, 1.807) is 11.8 Å². The van der Waals surface area contributed by atoms with E-state index >= 15 is 0 Å². The fourth-order valence-corrected chi connectivity index (χ4v) is 2.76. The third-order valence-electron chi connectivity index (χ3n) is 2.94. The van der Waals surface area contributed by atoms with E-state index in [4.69, 9.17) is 5.11 Å². The fourth-order valence-electron chi connectivity index (χ4n) is 1.98. The van der Waals surface area contributed by atoms with Crippen molar-refractivity contribution in [3.63, 3.8) is 0 Å². The molecule has 1 aliphatic rings. The zero-order chi connectivity index (χ0) is 13.1. The van der Waals surface area contributed by atoms with Crippen LogP contribution >= 0.6 is 11.5 Å². The minimum atomic E-state index is -1.02. The van der Waals surface area contributed by atoms with Gasteiger partial charge in [0.1, 0.15) is 10.6 Å². The van der Waals surface area contributed by atoms with Crippen LogP contribution in [0.5, 0.6) is 0 Å². The number of aromatic nitrogens is 1. The first-order chi connectivity index (χ1) is 8.59. The van der Waals surface area contributed by atoms with Crippen LogP contribution in [0.25, 0.3) is 0 Å². The summed E-state index contributed by atoms with van der Waals surface area (Å²) in [5, 5.41) is 12.4. The Morgan fingerprint density at radius 2 is 2.11 bits per heavy atom. The Bertz CT molecular complexity index is 466. The quantitative estimate of drug-likeness (QED) is 0.857. The van der Waals surface area contributed by atoms with Gasteiger partial charge in [-0.2, -0.15) is 4.37 Å². The second-order valence-electron chi connectivity index (χ2n) is 4.22. The number of carboxylic acids is 1. The lowest BCUT2D eigenvalue weighted by atomic mass is 10.2. The predicted molar refractivity (Wildman–Crippen MR) is 68.1 cm³/mol. The highest BCUT2D eigenvalue weighted by Gasteiger charge is 2.20. The summed E-state index contributed by atoms with van der Waals surface area (Å²) in [7, 11) is 0. The Morgan fingerprint density at radius 3 is 2.72 bits per heavy atom. The van der Waals surface area contributed by atoms with E-state index < -0.39 is 5.97 Å². The van der Waals surface area contributed by atoms with Crippen LogP contribution in [0.3, 0.4) is 0 Å². The average molecular weight is 269 g/mol. The molecule has 0 aliphatic carbocycles. The maximum absolute atomic E-state index is 11.8. The van der Waals surface area contributed by atoms with Gasteiger partial charge in [0.05, 0.1) is 12.2 Å². The number of rotatable bonds is 4. The smallest absolute Gasteiger partial charge is 0.340 e. The molecule has 1 aliphatic heterocycles. The molecule has 18 heavy (non-hydrogen) atoms. The first-order valence-electron chi connectivity index (χ1n) is 5.81. The van der Waals surface area contributed by atoms with Crippen molar-refractivity contribution in [1.82, 2.24) is 9.27 Å². The highest BCUT2D eigenvalue weighted by Crippen LogP contribution is 2.24. The molecule has 0 spiro atoms. The topological polar surface area (TPSA) is 82.5 Å². The van der Waals surface area contributed by atoms with Gasteiger partial charge in [0, 0.05) is 13.1 Å². The van der Waals surface area contributed by atoms with Crippen LogP contribution in [-0.4, -0.2) is 45.9 Å². The molecule has 98 valence electrons. The molecule has 1 saturated heterocycles. The zero-order valence-corrected chi connectivity index (χ0v) is 10.9. The first kappa shape index (κ1) is 12.8. The lowest BCUT2D eigenvalue weighted by molar-refractivity contribution is -0.128. The number of carboxylic acid groups (broad SMARTS) is 1. The number of hydrogen-bond donors (Lipinski definition) is 2. The normalized spacial score (nSPS) is 14.8. The highest BCUT2D eigenvalue weighted by atomic mass is 32.1. The number of nitrogens with zero attached hydrogens (tertiary/aromatic N) is 2. The average Bonchev–Trinajstić information content (AvgIpc) is 2.94. The van der Waals surface area contributed by atoms with Crippen LogP contribution in [0.15, 0.2) is 0 Å². The van der Waals surface area contributed by atoms with Crippen molar-refractivity contribution in [2.24, 2.45) is 0 Å². The van der Waals surface area contributed by atoms with Gasteiger partial charge < -0.3 is 15.3 Å². The van der Waals surface area contributed by atoms with Gasteiger partial charge in [0.15, 0.2) is 0 Å². The van der Waals surface area contributed by atoms with Crippen LogP contribution in [0.4, 0.5) is 5.00 Å². The zero-order valence-electron chi connectivity index (χ0n) is 10.1. The second kappa shape index (κ2) is 5.34. The third kappa shape index (κ3) is 2.61. The van der Waals surface area contributed by atoms with Crippen LogP contribution < -0.4 is 5.32 Å². The summed E-state index contributed by atoms with van der Waals surface area (Å²) in [5.74, 6) is -1.01. The number of anilines is 1. The molecule has 1 amide bonds. The van der Waals surface area contributed by atoms with Gasteiger partial charge in [-0.25, -0.2) is 4.79 Å². The summed E-state index contributed by atoms with van der Waals surface area (Å²) in [6.07, 6.45) is 2.09. The monoisotopic (exact) mass is 269 g/mol. The molecule has 0 aromatic carbocycles. The van der Waals surface area contributed by atoms with E-state index in [9.17, 15) is 9.59 Å². The molecule has 6 nitrogen and oxygen atoms in total. The van der Waals surface area contributed by atoms with Gasteiger partial charge >= 0.3 is 5.97 Å². The molecule has 0 saturated carbocycles. The Hall–Kier alpha value is -1.63.